The van der Waals surface area contributed by atoms with E-state index in [2.05, 4.69) is 17.6 Å². The topological polar surface area (TPSA) is 87.7 Å². The van der Waals surface area contributed by atoms with Crippen LogP contribution in [0.15, 0.2) is 36.4 Å². The fraction of sp³-hybridized carbons (Fsp3) is 0.571. The molecule has 7 nitrogen and oxygen atoms in total. The molecule has 0 saturated heterocycles. The maximum Gasteiger partial charge on any atom is 0.408 e. The van der Waals surface area contributed by atoms with Gasteiger partial charge in [-0.15, -0.1) is 0 Å². The minimum Gasteiger partial charge on any atom is -0.444 e. The summed E-state index contributed by atoms with van der Waals surface area (Å²) in [6.45, 7) is 15.9. The molecule has 3 amide bonds. The summed E-state index contributed by atoms with van der Waals surface area (Å²) in [7, 11) is 0. The van der Waals surface area contributed by atoms with E-state index in [1.807, 2.05) is 70.3 Å². The smallest absolute Gasteiger partial charge is 0.408 e. The van der Waals surface area contributed by atoms with Crippen LogP contribution in [0.2, 0.25) is 0 Å². The number of benzene rings is 2. The summed E-state index contributed by atoms with van der Waals surface area (Å²) in [6, 6.07) is 10.1. The van der Waals surface area contributed by atoms with Crippen LogP contribution in [0.25, 0.3) is 0 Å². The quantitative estimate of drug-likeness (QED) is 0.199. The van der Waals surface area contributed by atoms with Gasteiger partial charge in [0, 0.05) is 12.2 Å². The highest BCUT2D eigenvalue weighted by Crippen LogP contribution is 2.29. The van der Waals surface area contributed by atoms with Crippen LogP contribution < -0.4 is 10.6 Å². The number of alkyl carbamates (subject to hydrolysis) is 1. The Morgan fingerprint density at radius 2 is 1.56 bits per heavy atom. The fourth-order valence-electron chi connectivity index (χ4n) is 5.01. The lowest BCUT2D eigenvalue weighted by molar-refractivity contribution is -0.141. The van der Waals surface area contributed by atoms with Crippen LogP contribution in [0.1, 0.15) is 100 Å². The van der Waals surface area contributed by atoms with Crippen LogP contribution >= 0.6 is 11.8 Å². The molecule has 8 heteroatoms. The Morgan fingerprint density at radius 1 is 0.907 bits per heavy atom. The normalized spacial score (nSPS) is 12.8. The lowest BCUT2D eigenvalue weighted by Crippen LogP contribution is -2.53. The summed E-state index contributed by atoms with van der Waals surface area (Å²) in [5, 5.41) is 6.00. The predicted octanol–water partition coefficient (Wildman–Crippen LogP) is 8.05. The third-order valence-electron chi connectivity index (χ3n) is 7.52. The van der Waals surface area contributed by atoms with E-state index in [-0.39, 0.29) is 11.8 Å². The highest BCUT2D eigenvalue weighted by molar-refractivity contribution is 7.98. The molecule has 0 fully saturated rings. The first-order chi connectivity index (χ1) is 20.3. The first kappa shape index (κ1) is 36.2. The van der Waals surface area contributed by atoms with E-state index in [0.717, 1.165) is 65.6 Å². The van der Waals surface area contributed by atoms with Crippen molar-refractivity contribution in [1.29, 1.82) is 0 Å². The zero-order chi connectivity index (χ0) is 32.2. The molecule has 0 aromatic heterocycles. The van der Waals surface area contributed by atoms with Crippen molar-refractivity contribution in [3.8, 4) is 0 Å². The number of anilines is 1. The van der Waals surface area contributed by atoms with Gasteiger partial charge in [-0.3, -0.25) is 9.59 Å². The molecule has 43 heavy (non-hydrogen) atoms. The summed E-state index contributed by atoms with van der Waals surface area (Å²) in [5.41, 5.74) is 4.85. The van der Waals surface area contributed by atoms with Crippen molar-refractivity contribution in [3.05, 3.63) is 64.2 Å². The molecule has 0 aliphatic rings. The lowest BCUT2D eigenvalue weighted by atomic mass is 9.97. The summed E-state index contributed by atoms with van der Waals surface area (Å²) in [6.07, 6.45) is 6.75. The predicted molar refractivity (Wildman–Crippen MR) is 180 cm³/mol. The highest BCUT2D eigenvalue weighted by atomic mass is 32.2. The minimum absolute atomic E-state index is 0.275. The first-order valence-electron chi connectivity index (χ1n) is 15.5. The average Bonchev–Trinajstić information content (AvgIpc) is 2.92. The van der Waals surface area contributed by atoms with Crippen molar-refractivity contribution >= 4 is 35.4 Å². The Bertz CT molecular complexity index is 1200. The molecule has 2 aromatic carbocycles. The maximum atomic E-state index is 14.5. The Labute approximate surface area is 263 Å². The number of aryl methyl sites for hydroxylation is 4. The lowest BCUT2D eigenvalue weighted by Gasteiger charge is -2.35. The molecule has 0 bridgehead atoms. The molecule has 2 aromatic rings. The minimum atomic E-state index is -0.880. The van der Waals surface area contributed by atoms with Crippen molar-refractivity contribution in [3.63, 3.8) is 0 Å². The summed E-state index contributed by atoms with van der Waals surface area (Å²) in [4.78, 5) is 43.4. The number of nitrogens with one attached hydrogen (secondary N) is 2. The van der Waals surface area contributed by atoms with Gasteiger partial charge in [0.1, 0.15) is 17.7 Å². The number of thioether (sulfide) groups is 1. The molecule has 0 radical (unpaired) electrons. The number of carbonyl (C=O) groups excluding carboxylic acids is 3. The SMILES string of the molecule is CCCCCCCN(C(=O)C(CCSC)NC(=O)OC(C)(C)C)C(C(=O)Nc1c(C)cccc1C)c1ccc(C)c(C)c1. The van der Waals surface area contributed by atoms with Gasteiger partial charge in [0.15, 0.2) is 0 Å². The molecular formula is C35H53N3O4S. The van der Waals surface area contributed by atoms with Gasteiger partial charge >= 0.3 is 6.09 Å². The van der Waals surface area contributed by atoms with E-state index in [0.29, 0.717) is 18.7 Å². The van der Waals surface area contributed by atoms with E-state index in [1.54, 1.807) is 37.4 Å². The van der Waals surface area contributed by atoms with Crippen LogP contribution in [0.3, 0.4) is 0 Å². The monoisotopic (exact) mass is 611 g/mol. The zero-order valence-electron chi connectivity index (χ0n) is 27.8. The van der Waals surface area contributed by atoms with Gasteiger partial charge in [0.2, 0.25) is 5.91 Å². The van der Waals surface area contributed by atoms with Crippen molar-refractivity contribution < 1.29 is 19.1 Å². The number of amides is 3. The van der Waals surface area contributed by atoms with E-state index in [9.17, 15) is 14.4 Å². The second-order valence-corrected chi connectivity index (χ2v) is 13.4. The summed E-state index contributed by atoms with van der Waals surface area (Å²) >= 11 is 1.60. The van der Waals surface area contributed by atoms with Gasteiger partial charge in [-0.05, 0) is 101 Å². The number of carbonyl (C=O) groups is 3. The Kier molecular flexibility index (Phi) is 14.6. The fourth-order valence-corrected chi connectivity index (χ4v) is 5.48. The largest absolute Gasteiger partial charge is 0.444 e. The van der Waals surface area contributed by atoms with Gasteiger partial charge < -0.3 is 20.3 Å². The summed E-state index contributed by atoms with van der Waals surface area (Å²) < 4.78 is 5.52. The second kappa shape index (κ2) is 17.3. The molecule has 2 unspecified atom stereocenters. The average molecular weight is 612 g/mol. The van der Waals surface area contributed by atoms with Gasteiger partial charge in [0.25, 0.3) is 5.91 Å². The molecule has 2 rings (SSSR count). The van der Waals surface area contributed by atoms with E-state index in [1.165, 1.54) is 0 Å². The third-order valence-corrected chi connectivity index (χ3v) is 8.17. The van der Waals surface area contributed by atoms with Crippen LogP contribution in [0.5, 0.6) is 0 Å². The molecule has 238 valence electrons. The molecule has 0 spiro atoms. The zero-order valence-corrected chi connectivity index (χ0v) is 28.6. The number of rotatable bonds is 15. The molecule has 0 heterocycles. The second-order valence-electron chi connectivity index (χ2n) is 12.4. The molecule has 2 atom stereocenters. The summed E-state index contributed by atoms with van der Waals surface area (Å²) in [5.74, 6) is 0.109. The van der Waals surface area contributed by atoms with Crippen LogP contribution in [0.4, 0.5) is 10.5 Å². The highest BCUT2D eigenvalue weighted by Gasteiger charge is 2.36. The van der Waals surface area contributed by atoms with Crippen LogP contribution in [0, 0.1) is 27.7 Å². The number of para-hydroxylation sites is 1. The third kappa shape index (κ3) is 11.5. The van der Waals surface area contributed by atoms with Crippen molar-refractivity contribution in [2.75, 3.05) is 23.9 Å². The van der Waals surface area contributed by atoms with Gasteiger partial charge in [-0.1, -0.05) is 69.0 Å². The Hall–Kier alpha value is -3.00. The Morgan fingerprint density at radius 3 is 2.14 bits per heavy atom. The number of hydrogen-bond acceptors (Lipinski definition) is 5. The standard InChI is InChI=1S/C35H53N3O4S/c1-10-11-12-13-14-21-38(33(40)29(20-22-43-9)36-34(41)42-35(6,7)8)31(28-19-18-24(2)27(5)23-28)32(39)37-30-25(3)16-15-17-26(30)4/h15-19,23,29,31H,10-14,20-22H2,1-9H3,(H,36,41)(H,37,39). The van der Waals surface area contributed by atoms with Crippen LogP contribution in [-0.2, 0) is 14.3 Å². The van der Waals surface area contributed by atoms with Gasteiger partial charge in [-0.2, -0.15) is 11.8 Å². The molecule has 0 aliphatic heterocycles. The van der Waals surface area contributed by atoms with Crippen molar-refractivity contribution in [2.45, 2.75) is 112 Å². The van der Waals surface area contributed by atoms with Crippen molar-refractivity contribution in [1.82, 2.24) is 10.2 Å². The van der Waals surface area contributed by atoms with E-state index in [4.69, 9.17) is 4.74 Å². The van der Waals surface area contributed by atoms with Crippen LogP contribution in [-0.4, -0.2) is 53.0 Å². The van der Waals surface area contributed by atoms with Gasteiger partial charge in [0.05, 0.1) is 0 Å². The van der Waals surface area contributed by atoms with E-state index < -0.39 is 23.8 Å². The van der Waals surface area contributed by atoms with E-state index >= 15 is 0 Å². The van der Waals surface area contributed by atoms with Gasteiger partial charge in [-0.25, -0.2) is 4.79 Å². The molecule has 2 N–H and O–H groups in total. The van der Waals surface area contributed by atoms with Crippen molar-refractivity contribution in [2.24, 2.45) is 0 Å². The number of nitrogens with zero attached hydrogens (tertiary/aromatic N) is 1. The number of ether oxygens (including phenoxy) is 1. The Balaban J connectivity index is 2.60. The molecular weight excluding hydrogens is 558 g/mol. The maximum absolute atomic E-state index is 14.5. The molecule has 0 saturated carbocycles. The number of unbranched alkanes of at least 4 members (excludes halogenated alkanes) is 4. The molecule has 0 aliphatic carbocycles. The first-order valence-corrected chi connectivity index (χ1v) is 16.9. The number of hydrogen-bond donors (Lipinski definition) is 2.